The van der Waals surface area contributed by atoms with Crippen molar-refractivity contribution >= 4 is 29.0 Å². The number of hydrogen-bond acceptors (Lipinski definition) is 3. The summed E-state index contributed by atoms with van der Waals surface area (Å²) in [5.41, 5.74) is 3.64. The third-order valence-corrected chi connectivity index (χ3v) is 8.28. The van der Waals surface area contributed by atoms with Gasteiger partial charge in [-0.05, 0) is 55.0 Å². The number of nitrogens with zero attached hydrogens (tertiary/aromatic N) is 1. The van der Waals surface area contributed by atoms with Crippen molar-refractivity contribution in [1.29, 1.82) is 0 Å². The van der Waals surface area contributed by atoms with Crippen molar-refractivity contribution in [1.82, 2.24) is 0 Å². The minimum absolute atomic E-state index is 0.0827. The maximum atomic E-state index is 14.6. The molecule has 0 aromatic heterocycles. The third kappa shape index (κ3) is 1.86. The predicted molar refractivity (Wildman–Crippen MR) is 106 cm³/mol. The monoisotopic (exact) mass is 380 g/mol. The van der Waals surface area contributed by atoms with Gasteiger partial charge < -0.3 is 10.2 Å². The summed E-state index contributed by atoms with van der Waals surface area (Å²) in [5, 5.41) is 3.49. The van der Waals surface area contributed by atoms with E-state index in [0.29, 0.717) is 0 Å². The van der Waals surface area contributed by atoms with E-state index in [1.54, 1.807) is 12.1 Å². The molecule has 138 valence electrons. The molecule has 6 rings (SSSR count). The summed E-state index contributed by atoms with van der Waals surface area (Å²) in [5.74, 6) is 0.102. The lowest BCUT2D eigenvalue weighted by Crippen LogP contribution is -2.55. The second kappa shape index (κ2) is 5.07. The number of benzene rings is 2. The van der Waals surface area contributed by atoms with E-state index in [-0.39, 0.29) is 23.2 Å². The average Bonchev–Trinajstić information content (AvgIpc) is 3.32. The zero-order valence-corrected chi connectivity index (χ0v) is 16.0. The highest BCUT2D eigenvalue weighted by Crippen LogP contribution is 2.63. The molecule has 4 aliphatic rings. The molecule has 27 heavy (non-hydrogen) atoms. The van der Waals surface area contributed by atoms with Crippen molar-refractivity contribution in [3.05, 3.63) is 53.3 Å². The quantitative estimate of drug-likeness (QED) is 0.667. The van der Waals surface area contributed by atoms with Crippen molar-refractivity contribution < 1.29 is 9.18 Å². The molecule has 2 spiro atoms. The number of nitrogens with one attached hydrogen (secondary N) is 1. The maximum absolute atomic E-state index is 14.6. The molecule has 3 nitrogen and oxygen atoms in total. The summed E-state index contributed by atoms with van der Waals surface area (Å²) in [6, 6.07) is 11.2. The predicted octanol–water partition coefficient (Wildman–Crippen LogP) is 5.36. The van der Waals surface area contributed by atoms with Crippen LogP contribution in [-0.2, 0) is 9.67 Å². The van der Waals surface area contributed by atoms with Gasteiger partial charge in [0.25, 0.3) is 5.91 Å². The van der Waals surface area contributed by atoms with Crippen LogP contribution < -0.4 is 10.2 Å². The molecule has 1 amide bonds. The van der Waals surface area contributed by atoms with Crippen LogP contribution in [-0.4, -0.2) is 11.4 Å². The van der Waals surface area contributed by atoms with E-state index in [9.17, 15) is 9.18 Å². The highest BCUT2D eigenvalue weighted by Gasteiger charge is 2.62. The second-order valence-electron chi connectivity index (χ2n) is 8.47. The van der Waals surface area contributed by atoms with Crippen molar-refractivity contribution in [3.8, 4) is 0 Å². The van der Waals surface area contributed by atoms with Crippen LogP contribution in [0, 0.1) is 5.82 Å². The van der Waals surface area contributed by atoms with Gasteiger partial charge in [-0.2, -0.15) is 0 Å². The van der Waals surface area contributed by atoms with Crippen LogP contribution in [0.4, 0.5) is 15.8 Å². The number of amides is 1. The van der Waals surface area contributed by atoms with Crippen molar-refractivity contribution in [2.24, 2.45) is 0 Å². The van der Waals surface area contributed by atoms with Crippen molar-refractivity contribution in [3.63, 3.8) is 0 Å². The number of anilines is 2. The van der Waals surface area contributed by atoms with E-state index in [0.717, 1.165) is 59.5 Å². The highest BCUT2D eigenvalue weighted by atomic mass is 32.2. The Morgan fingerprint density at radius 1 is 1.22 bits per heavy atom. The van der Waals surface area contributed by atoms with Gasteiger partial charge in [-0.25, -0.2) is 4.39 Å². The Morgan fingerprint density at radius 3 is 2.78 bits per heavy atom. The van der Waals surface area contributed by atoms with Crippen LogP contribution in [0.3, 0.4) is 0 Å². The number of fused-ring (bicyclic) bond motifs is 3. The fourth-order valence-corrected chi connectivity index (χ4v) is 7.14. The zero-order valence-electron chi connectivity index (χ0n) is 15.2. The molecule has 1 saturated carbocycles. The minimum atomic E-state index is -0.935. The van der Waals surface area contributed by atoms with Gasteiger partial charge >= 0.3 is 0 Å². The van der Waals surface area contributed by atoms with Crippen LogP contribution in [0.15, 0.2) is 41.3 Å². The van der Waals surface area contributed by atoms with Gasteiger partial charge in [0.15, 0.2) is 4.87 Å². The first-order valence-electron chi connectivity index (χ1n) is 9.79. The Bertz CT molecular complexity index is 973. The van der Waals surface area contributed by atoms with E-state index in [4.69, 9.17) is 0 Å². The summed E-state index contributed by atoms with van der Waals surface area (Å²) in [4.78, 5) is 16.2. The molecule has 2 aromatic carbocycles. The lowest BCUT2D eigenvalue weighted by molar-refractivity contribution is -0.121. The minimum Gasteiger partial charge on any atom is -0.358 e. The number of carbonyl (C=O) groups is 1. The first-order valence-corrected chi connectivity index (χ1v) is 10.6. The molecule has 1 aliphatic carbocycles. The Morgan fingerprint density at radius 2 is 2.00 bits per heavy atom. The van der Waals surface area contributed by atoms with Crippen molar-refractivity contribution in [2.45, 2.75) is 60.3 Å². The van der Waals surface area contributed by atoms with Gasteiger partial charge in [0.1, 0.15) is 5.82 Å². The molecular weight excluding hydrogens is 359 g/mol. The molecule has 0 radical (unpaired) electrons. The second-order valence-corrected chi connectivity index (χ2v) is 9.73. The van der Waals surface area contributed by atoms with Crippen LogP contribution in [0.1, 0.15) is 56.1 Å². The van der Waals surface area contributed by atoms with Gasteiger partial charge in [-0.3, -0.25) is 4.79 Å². The fraction of sp³-hybridized carbons (Fsp3) is 0.409. The number of thioether (sulfide) groups is 1. The summed E-state index contributed by atoms with van der Waals surface area (Å²) >= 11 is 1.54. The summed E-state index contributed by atoms with van der Waals surface area (Å²) < 4.78 is 14.6. The largest absolute Gasteiger partial charge is 0.358 e. The molecule has 0 saturated heterocycles. The first kappa shape index (κ1) is 16.0. The highest BCUT2D eigenvalue weighted by molar-refractivity contribution is 8.01. The van der Waals surface area contributed by atoms with Gasteiger partial charge in [-0.15, -0.1) is 0 Å². The van der Waals surface area contributed by atoms with Gasteiger partial charge in [0, 0.05) is 21.7 Å². The SMILES string of the molecule is C[C@H]1CC2(CCCC2)N2C(=O)[C@@]3(Nc4ccccc4S3)c3cc(F)cc1c32. The van der Waals surface area contributed by atoms with E-state index >= 15 is 0 Å². The number of rotatable bonds is 0. The molecule has 1 N–H and O–H groups in total. The maximum Gasteiger partial charge on any atom is 0.268 e. The Balaban J connectivity index is 1.62. The van der Waals surface area contributed by atoms with Crippen LogP contribution >= 0.6 is 11.8 Å². The molecule has 5 heteroatoms. The van der Waals surface area contributed by atoms with E-state index in [1.807, 2.05) is 24.3 Å². The topological polar surface area (TPSA) is 32.3 Å². The number of hydrogen-bond donors (Lipinski definition) is 1. The van der Waals surface area contributed by atoms with Gasteiger partial charge in [0.05, 0.1) is 5.69 Å². The third-order valence-electron chi connectivity index (χ3n) is 6.90. The Kier molecular flexibility index (Phi) is 3.01. The fourth-order valence-electron chi connectivity index (χ4n) is 5.83. The van der Waals surface area contributed by atoms with Gasteiger partial charge in [-0.1, -0.05) is 43.7 Å². The number of halogens is 1. The first-order chi connectivity index (χ1) is 13.0. The molecule has 3 aliphatic heterocycles. The van der Waals surface area contributed by atoms with E-state index < -0.39 is 4.87 Å². The zero-order chi connectivity index (χ0) is 18.4. The summed E-state index contributed by atoms with van der Waals surface area (Å²) in [6.45, 7) is 2.19. The Labute approximate surface area is 162 Å². The average molecular weight is 380 g/mol. The molecular formula is C22H21FN2OS. The van der Waals surface area contributed by atoms with Crippen LogP contribution in [0.2, 0.25) is 0 Å². The normalized spacial score (nSPS) is 29.3. The Hall–Kier alpha value is -2.01. The molecule has 0 bridgehead atoms. The van der Waals surface area contributed by atoms with Crippen LogP contribution in [0.25, 0.3) is 0 Å². The summed E-state index contributed by atoms with van der Waals surface area (Å²) in [7, 11) is 0. The summed E-state index contributed by atoms with van der Waals surface area (Å²) in [6.07, 6.45) is 5.36. The molecule has 2 aromatic rings. The smallest absolute Gasteiger partial charge is 0.268 e. The molecule has 2 atom stereocenters. The standard InChI is InChI=1S/C22H21FN2OS/c1-13-12-21(8-4-5-9-21)25-19-15(13)10-14(23)11-16(19)22(20(25)26)24-17-6-2-3-7-18(17)27-22/h2-3,6-7,10-11,13,24H,4-5,8-9,12H2,1H3/t13-,22+/m0/s1. The number of para-hydroxylation sites is 1. The molecule has 0 unspecified atom stereocenters. The van der Waals surface area contributed by atoms with Crippen LogP contribution in [0.5, 0.6) is 0 Å². The number of carbonyl (C=O) groups excluding carboxylic acids is 1. The lowest BCUT2D eigenvalue weighted by atomic mass is 9.77. The van der Waals surface area contributed by atoms with Crippen molar-refractivity contribution in [2.75, 3.05) is 10.2 Å². The molecule has 3 heterocycles. The van der Waals surface area contributed by atoms with E-state index in [1.165, 1.54) is 11.8 Å². The van der Waals surface area contributed by atoms with Gasteiger partial charge in [0.2, 0.25) is 0 Å². The molecule has 1 fully saturated rings. The lowest BCUT2D eigenvalue weighted by Gasteiger charge is -2.46. The van der Waals surface area contributed by atoms with E-state index in [2.05, 4.69) is 17.1 Å².